The van der Waals surface area contributed by atoms with Crippen molar-refractivity contribution in [2.45, 2.75) is 6.32 Å². The maximum atomic E-state index is 10.4. The Kier molecular flexibility index (Phi) is 4.36. The van der Waals surface area contributed by atoms with Crippen molar-refractivity contribution < 1.29 is 19.1 Å². The third-order valence-corrected chi connectivity index (χ3v) is 0.989. The molecule has 0 spiro atoms. The minimum Gasteiger partial charge on any atom is -0.477 e. The van der Waals surface area contributed by atoms with Gasteiger partial charge in [0.05, 0.1) is 14.2 Å². The van der Waals surface area contributed by atoms with E-state index in [1.165, 1.54) is 14.2 Å². The molecule has 10 heavy (non-hydrogen) atoms. The number of rotatable bonds is 3. The van der Waals surface area contributed by atoms with Crippen molar-refractivity contribution in [3.63, 3.8) is 0 Å². The van der Waals surface area contributed by atoms with Crippen LogP contribution in [-0.2, 0) is 14.3 Å². The van der Waals surface area contributed by atoms with Crippen molar-refractivity contribution in [1.82, 2.24) is 0 Å². The van der Waals surface area contributed by atoms with Gasteiger partial charge in [-0.1, -0.05) is 0 Å². The molecule has 0 heterocycles. The van der Waals surface area contributed by atoms with E-state index < -0.39 is 11.8 Å². The Bertz CT molecular complexity index is 118. The maximum Gasteiger partial charge on any atom is 0.298 e. The standard InChI is InChI=1S/C5H9BO4/c1-9-4(7)3-6-5(8)10-2/h6H,3H2,1-2H3. The Labute approximate surface area is 59.7 Å². The molecule has 0 aliphatic carbocycles. The fraction of sp³-hybridized carbons (Fsp3) is 0.600. The van der Waals surface area contributed by atoms with Crippen molar-refractivity contribution in [2.24, 2.45) is 0 Å². The Morgan fingerprint density at radius 3 is 2.30 bits per heavy atom. The molecule has 0 saturated carbocycles. The normalized spacial score (nSPS) is 8.20. The predicted octanol–water partition coefficient (Wildman–Crippen LogP) is -0.219. The molecule has 4 nitrogen and oxygen atoms in total. The molecular weight excluding hydrogens is 135 g/mol. The molecule has 0 amide bonds. The summed E-state index contributed by atoms with van der Waals surface area (Å²) in [6.07, 6.45) is 0.0865. The van der Waals surface area contributed by atoms with Crippen LogP contribution in [0, 0.1) is 0 Å². The lowest BCUT2D eigenvalue weighted by atomic mass is 9.75. The zero-order chi connectivity index (χ0) is 7.98. The van der Waals surface area contributed by atoms with Crippen LogP contribution in [0.1, 0.15) is 0 Å². The first-order valence-electron chi connectivity index (χ1n) is 2.84. The molecule has 0 N–H and O–H groups in total. The summed E-state index contributed by atoms with van der Waals surface area (Å²) in [5.74, 6) is -0.796. The molecular formula is C5H9BO4. The summed E-state index contributed by atoms with van der Waals surface area (Å²) in [4.78, 5) is 20.8. The number of hydrogen-bond donors (Lipinski definition) is 0. The first-order valence-corrected chi connectivity index (χ1v) is 2.84. The van der Waals surface area contributed by atoms with Crippen molar-refractivity contribution >= 4 is 19.1 Å². The Hall–Kier alpha value is -0.995. The molecule has 0 saturated heterocycles. The highest BCUT2D eigenvalue weighted by molar-refractivity contribution is 6.74. The van der Waals surface area contributed by atoms with E-state index in [1.807, 2.05) is 0 Å². The van der Waals surface area contributed by atoms with Crippen molar-refractivity contribution in [3.05, 3.63) is 0 Å². The van der Waals surface area contributed by atoms with Crippen molar-refractivity contribution in [3.8, 4) is 0 Å². The Morgan fingerprint density at radius 2 is 1.90 bits per heavy atom. The maximum absolute atomic E-state index is 10.4. The zero-order valence-electron chi connectivity index (χ0n) is 6.05. The van der Waals surface area contributed by atoms with E-state index in [0.29, 0.717) is 0 Å². The molecule has 56 valence electrons. The first-order chi connectivity index (χ1) is 4.70. The summed E-state index contributed by atoms with van der Waals surface area (Å²) >= 11 is 0. The monoisotopic (exact) mass is 144 g/mol. The molecule has 0 unspecified atom stereocenters. The topological polar surface area (TPSA) is 52.6 Å². The minimum absolute atomic E-state index is 0.0865. The smallest absolute Gasteiger partial charge is 0.298 e. The molecule has 0 atom stereocenters. The molecule has 0 radical (unpaired) electrons. The van der Waals surface area contributed by atoms with Crippen LogP contribution >= 0.6 is 0 Å². The molecule has 0 aromatic carbocycles. The van der Waals surface area contributed by atoms with Gasteiger partial charge >= 0.3 is 0 Å². The lowest BCUT2D eigenvalue weighted by molar-refractivity contribution is -0.137. The van der Waals surface area contributed by atoms with Gasteiger partial charge in [0.2, 0.25) is 5.87 Å². The number of esters is 1. The summed E-state index contributed by atoms with van der Waals surface area (Å²) in [6, 6.07) is 0. The number of methoxy groups -OCH3 is 2. The molecule has 0 fully saturated rings. The van der Waals surface area contributed by atoms with Crippen LogP contribution < -0.4 is 0 Å². The fourth-order valence-electron chi connectivity index (χ4n) is 0.408. The number of carbonyl (C=O) groups excluding carboxylic acids is 2. The third kappa shape index (κ3) is 3.94. The average molecular weight is 144 g/mol. The second-order valence-electron chi connectivity index (χ2n) is 1.65. The van der Waals surface area contributed by atoms with Crippen LogP contribution in [0.25, 0.3) is 0 Å². The van der Waals surface area contributed by atoms with E-state index in [4.69, 9.17) is 0 Å². The van der Waals surface area contributed by atoms with Gasteiger partial charge in [-0.15, -0.1) is 0 Å². The molecule has 0 bridgehead atoms. The SMILES string of the molecule is COC(=O)BCC(=O)OC. The Morgan fingerprint density at radius 1 is 1.30 bits per heavy atom. The van der Waals surface area contributed by atoms with Gasteiger partial charge in [0, 0.05) is 6.32 Å². The highest BCUT2D eigenvalue weighted by Crippen LogP contribution is 1.85. The minimum atomic E-state index is -0.398. The van der Waals surface area contributed by atoms with E-state index in [2.05, 4.69) is 9.47 Å². The van der Waals surface area contributed by atoms with E-state index in [-0.39, 0.29) is 13.6 Å². The van der Waals surface area contributed by atoms with Crippen LogP contribution in [-0.4, -0.2) is 33.3 Å². The summed E-state index contributed by atoms with van der Waals surface area (Å²) < 4.78 is 8.60. The zero-order valence-corrected chi connectivity index (χ0v) is 6.05. The second-order valence-corrected chi connectivity index (χ2v) is 1.65. The lowest BCUT2D eigenvalue weighted by Crippen LogP contribution is -2.13. The van der Waals surface area contributed by atoms with E-state index in [0.717, 1.165) is 0 Å². The Balaban J connectivity index is 3.35. The predicted molar refractivity (Wildman–Crippen MR) is 36.4 cm³/mol. The first kappa shape index (κ1) is 9.00. The molecule has 0 aromatic rings. The largest absolute Gasteiger partial charge is 0.477 e. The molecule has 0 aliphatic heterocycles. The van der Waals surface area contributed by atoms with Gasteiger partial charge in [-0.2, -0.15) is 0 Å². The van der Waals surface area contributed by atoms with Crippen LogP contribution in [0.5, 0.6) is 0 Å². The highest BCUT2D eigenvalue weighted by atomic mass is 16.5. The van der Waals surface area contributed by atoms with E-state index in [9.17, 15) is 9.59 Å². The average Bonchev–Trinajstić information content (AvgIpc) is 1.99. The van der Waals surface area contributed by atoms with Gasteiger partial charge in [0.25, 0.3) is 13.2 Å². The fourth-order valence-corrected chi connectivity index (χ4v) is 0.408. The summed E-state index contributed by atoms with van der Waals surface area (Å²) in [5.41, 5.74) is 0. The van der Waals surface area contributed by atoms with Crippen LogP contribution in [0.2, 0.25) is 6.32 Å². The number of ether oxygens (including phenoxy) is 2. The van der Waals surface area contributed by atoms with Gasteiger partial charge in [-0.25, -0.2) is 0 Å². The van der Waals surface area contributed by atoms with Crippen LogP contribution in [0.15, 0.2) is 0 Å². The van der Waals surface area contributed by atoms with Gasteiger partial charge in [-0.05, 0) is 0 Å². The van der Waals surface area contributed by atoms with Crippen molar-refractivity contribution in [2.75, 3.05) is 14.2 Å². The molecule has 5 heteroatoms. The molecule has 0 aromatic heterocycles. The summed E-state index contributed by atoms with van der Waals surface area (Å²) in [5, 5.41) is 0. The third-order valence-electron chi connectivity index (χ3n) is 0.989. The van der Waals surface area contributed by atoms with Crippen LogP contribution in [0.3, 0.4) is 0 Å². The van der Waals surface area contributed by atoms with E-state index in [1.54, 1.807) is 0 Å². The quantitative estimate of drug-likeness (QED) is 0.405. The number of hydrogen-bond acceptors (Lipinski definition) is 4. The summed E-state index contributed by atoms with van der Waals surface area (Å²) in [6.45, 7) is 0. The van der Waals surface area contributed by atoms with Gasteiger partial charge in [-0.3, -0.25) is 9.59 Å². The van der Waals surface area contributed by atoms with Gasteiger partial charge in [0.1, 0.15) is 0 Å². The molecule has 0 rings (SSSR count). The molecule has 0 aliphatic rings. The highest BCUT2D eigenvalue weighted by Gasteiger charge is 2.08. The second kappa shape index (κ2) is 4.84. The van der Waals surface area contributed by atoms with Crippen molar-refractivity contribution in [1.29, 1.82) is 0 Å². The van der Waals surface area contributed by atoms with Crippen LogP contribution in [0.4, 0.5) is 4.79 Å². The van der Waals surface area contributed by atoms with Gasteiger partial charge < -0.3 is 9.47 Å². The van der Waals surface area contributed by atoms with E-state index >= 15 is 0 Å². The lowest BCUT2D eigenvalue weighted by Gasteiger charge is -1.95. The number of carbonyl (C=O) groups is 2. The summed E-state index contributed by atoms with van der Waals surface area (Å²) in [7, 11) is 2.64. The van der Waals surface area contributed by atoms with Gasteiger partial charge in [0.15, 0.2) is 0 Å².